The van der Waals surface area contributed by atoms with E-state index in [-0.39, 0.29) is 11.8 Å². The monoisotopic (exact) mass is 458 g/mol. The summed E-state index contributed by atoms with van der Waals surface area (Å²) in [6, 6.07) is 23.5. The average Bonchev–Trinajstić information content (AvgIpc) is 3.39. The highest BCUT2D eigenvalue weighted by molar-refractivity contribution is 6.24. The van der Waals surface area contributed by atoms with Gasteiger partial charge in [0.25, 0.3) is 5.91 Å². The molecule has 3 aromatic rings. The molecule has 0 N–H and O–H groups in total. The highest BCUT2D eigenvalue weighted by Gasteiger charge is 2.60. The van der Waals surface area contributed by atoms with Gasteiger partial charge in [0.05, 0.1) is 31.1 Å². The standard InChI is InChI=1S/C27H26N2O5/c1-3-17-33-20-15-13-18(14-16-20)28-26(30)23-24(21-11-7-8-12-22(21)32-2)29(34-25(23)27(28)31)19-9-5-4-6-10-19/h4-16,23-25H,3,17H2,1-2H3/t23-,24+,25-/m1/s1. The lowest BCUT2D eigenvalue weighted by Gasteiger charge is -2.29. The third-order valence-corrected chi connectivity index (χ3v) is 6.15. The van der Waals surface area contributed by atoms with Crippen LogP contribution in [0.4, 0.5) is 11.4 Å². The molecular weight excluding hydrogens is 432 g/mol. The number of anilines is 2. The van der Waals surface area contributed by atoms with Gasteiger partial charge < -0.3 is 9.47 Å². The Kier molecular flexibility index (Phi) is 5.94. The van der Waals surface area contributed by atoms with Crippen LogP contribution >= 0.6 is 0 Å². The zero-order valence-electron chi connectivity index (χ0n) is 19.1. The first-order valence-corrected chi connectivity index (χ1v) is 11.4. The summed E-state index contributed by atoms with van der Waals surface area (Å²) in [4.78, 5) is 34.6. The number of rotatable bonds is 7. The van der Waals surface area contributed by atoms with Crippen molar-refractivity contribution in [3.05, 3.63) is 84.4 Å². The second-order valence-corrected chi connectivity index (χ2v) is 8.25. The van der Waals surface area contributed by atoms with Crippen LogP contribution in [0.1, 0.15) is 24.9 Å². The van der Waals surface area contributed by atoms with Gasteiger partial charge >= 0.3 is 0 Å². The molecule has 3 aromatic carbocycles. The number of ether oxygens (including phenoxy) is 2. The molecule has 0 saturated carbocycles. The first-order chi connectivity index (χ1) is 16.6. The lowest BCUT2D eigenvalue weighted by atomic mass is 9.90. The second kappa shape index (κ2) is 9.19. The number of methoxy groups -OCH3 is 1. The fourth-order valence-electron chi connectivity index (χ4n) is 4.61. The topological polar surface area (TPSA) is 68.3 Å². The van der Waals surface area contributed by atoms with E-state index in [4.69, 9.17) is 14.3 Å². The van der Waals surface area contributed by atoms with E-state index in [9.17, 15) is 9.59 Å². The number of nitrogens with zero attached hydrogens (tertiary/aromatic N) is 2. The van der Waals surface area contributed by atoms with Crippen molar-refractivity contribution in [2.45, 2.75) is 25.5 Å². The van der Waals surface area contributed by atoms with Crippen molar-refractivity contribution in [2.75, 3.05) is 23.7 Å². The molecule has 34 heavy (non-hydrogen) atoms. The first kappa shape index (κ1) is 22.0. The molecule has 2 amide bonds. The van der Waals surface area contributed by atoms with Gasteiger partial charge in [-0.25, -0.2) is 9.96 Å². The third-order valence-electron chi connectivity index (χ3n) is 6.15. The van der Waals surface area contributed by atoms with E-state index in [1.165, 1.54) is 4.90 Å². The van der Waals surface area contributed by atoms with Crippen molar-refractivity contribution >= 4 is 23.2 Å². The number of hydroxylamine groups is 1. The second-order valence-electron chi connectivity index (χ2n) is 8.25. The van der Waals surface area contributed by atoms with E-state index in [1.807, 2.05) is 61.5 Å². The van der Waals surface area contributed by atoms with E-state index in [0.717, 1.165) is 17.7 Å². The van der Waals surface area contributed by atoms with Crippen LogP contribution in [0.25, 0.3) is 0 Å². The molecule has 3 atom stereocenters. The maximum Gasteiger partial charge on any atom is 0.266 e. The number of amides is 2. The van der Waals surface area contributed by atoms with E-state index in [0.29, 0.717) is 23.8 Å². The smallest absolute Gasteiger partial charge is 0.266 e. The Bertz CT molecular complexity index is 1180. The summed E-state index contributed by atoms with van der Waals surface area (Å²) in [5.74, 6) is -0.0701. The fourth-order valence-corrected chi connectivity index (χ4v) is 4.61. The Hall–Kier alpha value is -3.84. The summed E-state index contributed by atoms with van der Waals surface area (Å²) in [5.41, 5.74) is 2.05. The van der Waals surface area contributed by atoms with Crippen LogP contribution < -0.4 is 19.4 Å². The lowest BCUT2D eigenvalue weighted by molar-refractivity contribution is -0.126. The Morgan fingerprint density at radius 3 is 2.26 bits per heavy atom. The van der Waals surface area contributed by atoms with Crippen molar-refractivity contribution in [2.24, 2.45) is 5.92 Å². The number of imide groups is 1. The zero-order chi connectivity index (χ0) is 23.7. The van der Waals surface area contributed by atoms with E-state index < -0.39 is 18.1 Å². The van der Waals surface area contributed by atoms with Gasteiger partial charge in [-0.3, -0.25) is 14.4 Å². The summed E-state index contributed by atoms with van der Waals surface area (Å²) in [5, 5.41) is 1.67. The summed E-state index contributed by atoms with van der Waals surface area (Å²) >= 11 is 0. The quantitative estimate of drug-likeness (QED) is 0.485. The van der Waals surface area contributed by atoms with Crippen LogP contribution in [0.15, 0.2) is 78.9 Å². The number of hydrogen-bond acceptors (Lipinski definition) is 6. The molecule has 0 unspecified atom stereocenters. The van der Waals surface area contributed by atoms with E-state index in [2.05, 4.69) is 0 Å². The van der Waals surface area contributed by atoms with Gasteiger partial charge in [-0.15, -0.1) is 0 Å². The van der Waals surface area contributed by atoms with Gasteiger partial charge in [0.15, 0.2) is 6.10 Å². The van der Waals surface area contributed by atoms with E-state index in [1.54, 1.807) is 36.4 Å². The molecule has 2 aliphatic rings. The molecule has 2 aliphatic heterocycles. The minimum Gasteiger partial charge on any atom is -0.496 e. The summed E-state index contributed by atoms with van der Waals surface area (Å²) in [7, 11) is 1.59. The minimum absolute atomic E-state index is 0.299. The SMILES string of the molecule is CCCOc1ccc(N2C(=O)[C@H]3[C@@H](ON(c4ccccc4)[C@H]3c3ccccc3OC)C2=O)cc1. The number of carbonyl (C=O) groups excluding carboxylic acids is 2. The number of benzene rings is 3. The molecule has 174 valence electrons. The Labute approximate surface area is 198 Å². The summed E-state index contributed by atoms with van der Waals surface area (Å²) < 4.78 is 11.2. The predicted molar refractivity (Wildman–Crippen MR) is 128 cm³/mol. The maximum atomic E-state index is 13.7. The molecule has 5 rings (SSSR count). The van der Waals surface area contributed by atoms with Gasteiger partial charge in [0, 0.05) is 5.56 Å². The number of hydrogen-bond donors (Lipinski definition) is 0. The van der Waals surface area contributed by atoms with Crippen LogP contribution in [0.2, 0.25) is 0 Å². The Balaban J connectivity index is 1.52. The molecule has 2 saturated heterocycles. The van der Waals surface area contributed by atoms with Crippen molar-refractivity contribution in [1.29, 1.82) is 0 Å². The van der Waals surface area contributed by atoms with Crippen LogP contribution in [0, 0.1) is 5.92 Å². The number of carbonyl (C=O) groups is 2. The maximum absolute atomic E-state index is 13.7. The highest BCUT2D eigenvalue weighted by Crippen LogP contribution is 2.49. The third kappa shape index (κ3) is 3.68. The molecular formula is C27H26N2O5. The molecule has 0 spiro atoms. The van der Waals surface area contributed by atoms with Crippen molar-refractivity contribution in [3.63, 3.8) is 0 Å². The fraction of sp³-hybridized carbons (Fsp3) is 0.259. The molecule has 2 heterocycles. The van der Waals surface area contributed by atoms with Crippen LogP contribution in [0.3, 0.4) is 0 Å². The molecule has 7 nitrogen and oxygen atoms in total. The average molecular weight is 459 g/mol. The highest BCUT2D eigenvalue weighted by atomic mass is 16.7. The first-order valence-electron chi connectivity index (χ1n) is 11.4. The van der Waals surface area contributed by atoms with E-state index >= 15 is 0 Å². The van der Waals surface area contributed by atoms with Gasteiger partial charge in [-0.05, 0) is 48.9 Å². The van der Waals surface area contributed by atoms with Crippen LogP contribution in [-0.4, -0.2) is 31.6 Å². The molecule has 7 heteroatoms. The van der Waals surface area contributed by atoms with Gasteiger partial charge in [0.1, 0.15) is 17.4 Å². The summed E-state index contributed by atoms with van der Waals surface area (Å²) in [6.07, 6.45) is -0.0352. The Morgan fingerprint density at radius 1 is 0.853 bits per heavy atom. The normalized spacial score (nSPS) is 21.6. The summed E-state index contributed by atoms with van der Waals surface area (Å²) in [6.45, 7) is 2.64. The van der Waals surface area contributed by atoms with Crippen LogP contribution in [-0.2, 0) is 14.4 Å². The van der Waals surface area contributed by atoms with Crippen LogP contribution in [0.5, 0.6) is 11.5 Å². The molecule has 2 fully saturated rings. The molecule has 0 radical (unpaired) electrons. The van der Waals surface area contributed by atoms with Gasteiger partial charge in [-0.1, -0.05) is 43.3 Å². The van der Waals surface area contributed by atoms with Crippen molar-refractivity contribution in [3.8, 4) is 11.5 Å². The van der Waals surface area contributed by atoms with Gasteiger partial charge in [-0.2, -0.15) is 0 Å². The number of fused-ring (bicyclic) bond motifs is 1. The molecule has 0 bridgehead atoms. The molecule has 0 aromatic heterocycles. The minimum atomic E-state index is -0.932. The predicted octanol–water partition coefficient (Wildman–Crippen LogP) is 4.54. The van der Waals surface area contributed by atoms with Gasteiger partial charge in [0.2, 0.25) is 5.91 Å². The lowest BCUT2D eigenvalue weighted by Crippen LogP contribution is -2.37. The number of para-hydroxylation sites is 2. The molecule has 0 aliphatic carbocycles. The largest absolute Gasteiger partial charge is 0.496 e. The zero-order valence-corrected chi connectivity index (χ0v) is 19.1. The van der Waals surface area contributed by atoms with Crippen molar-refractivity contribution in [1.82, 2.24) is 0 Å². The Morgan fingerprint density at radius 2 is 1.56 bits per heavy atom. The van der Waals surface area contributed by atoms with Crippen molar-refractivity contribution < 1.29 is 23.9 Å².